The van der Waals surface area contributed by atoms with E-state index in [1.807, 2.05) is 68.6 Å². The Kier molecular flexibility index (Phi) is 6.32. The van der Waals surface area contributed by atoms with Gasteiger partial charge in [-0.3, -0.25) is 14.5 Å². The van der Waals surface area contributed by atoms with Gasteiger partial charge in [-0.1, -0.05) is 35.3 Å². The van der Waals surface area contributed by atoms with Gasteiger partial charge in [0.25, 0.3) is 11.8 Å². The Hall–Kier alpha value is -4.01. The number of ether oxygens (including phenoxy) is 1. The second-order valence-corrected chi connectivity index (χ2v) is 11.7. The van der Waals surface area contributed by atoms with Gasteiger partial charge in [0, 0.05) is 53.2 Å². The number of halogens is 2. The van der Waals surface area contributed by atoms with Gasteiger partial charge in [-0.15, -0.1) is 0 Å². The number of carbonyl (C=O) groups is 2. The number of aromatic nitrogens is 2. The molecular weight excluding hydrogens is 561 g/mol. The van der Waals surface area contributed by atoms with E-state index in [2.05, 4.69) is 5.32 Å². The first-order valence-electron chi connectivity index (χ1n) is 13.2. The maximum atomic E-state index is 14.5. The van der Waals surface area contributed by atoms with Crippen LogP contribution in [-0.4, -0.2) is 42.6 Å². The lowest BCUT2D eigenvalue weighted by Crippen LogP contribution is -2.51. The zero-order valence-corrected chi connectivity index (χ0v) is 25.1. The summed E-state index contributed by atoms with van der Waals surface area (Å²) in [7, 11) is 5.51. The summed E-state index contributed by atoms with van der Waals surface area (Å²) >= 11 is 12.8. The average molecular weight is 591 g/mol. The molecule has 4 aromatic rings. The highest BCUT2D eigenvalue weighted by Gasteiger charge is 2.64. The fraction of sp³-hybridized carbons (Fsp3) is 0.258. The lowest BCUT2D eigenvalue weighted by Gasteiger charge is -2.36. The molecule has 8 nitrogen and oxygen atoms in total. The number of aryl methyl sites for hydroxylation is 1. The van der Waals surface area contributed by atoms with Gasteiger partial charge in [0.2, 0.25) is 0 Å². The Balaban J connectivity index is 1.72. The van der Waals surface area contributed by atoms with Crippen molar-refractivity contribution >= 4 is 52.1 Å². The van der Waals surface area contributed by atoms with Crippen molar-refractivity contribution in [1.29, 1.82) is 0 Å². The molecule has 6 rings (SSSR count). The third-order valence-corrected chi connectivity index (χ3v) is 8.28. The fourth-order valence-electron chi connectivity index (χ4n) is 5.97. The van der Waals surface area contributed by atoms with Crippen molar-refractivity contribution in [3.63, 3.8) is 0 Å². The summed E-state index contributed by atoms with van der Waals surface area (Å²) in [4.78, 5) is 37.4. The van der Waals surface area contributed by atoms with Crippen molar-refractivity contribution in [2.75, 3.05) is 36.3 Å². The normalized spacial score (nSPS) is 17.3. The second-order valence-electron chi connectivity index (χ2n) is 10.8. The van der Waals surface area contributed by atoms with Crippen LogP contribution in [0.5, 0.6) is 5.75 Å². The molecular formula is C31H29Cl2N5O3. The Morgan fingerprint density at radius 3 is 2.39 bits per heavy atom. The Labute approximate surface area is 248 Å². The van der Waals surface area contributed by atoms with Crippen LogP contribution in [0.2, 0.25) is 10.0 Å². The van der Waals surface area contributed by atoms with Gasteiger partial charge in [0.15, 0.2) is 11.2 Å². The number of fused-ring (bicyclic) bond motifs is 4. The van der Waals surface area contributed by atoms with Crippen LogP contribution in [0.4, 0.5) is 17.1 Å². The highest BCUT2D eigenvalue weighted by Crippen LogP contribution is 2.55. The maximum absolute atomic E-state index is 14.5. The zero-order valence-electron chi connectivity index (χ0n) is 23.5. The van der Waals surface area contributed by atoms with Crippen molar-refractivity contribution < 1.29 is 14.3 Å². The second kappa shape index (κ2) is 9.53. The minimum absolute atomic E-state index is 0.172. The molecule has 0 saturated carbocycles. The molecule has 2 aliphatic rings. The number of anilines is 3. The Bertz CT molecular complexity index is 1760. The monoisotopic (exact) mass is 589 g/mol. The highest BCUT2D eigenvalue weighted by atomic mass is 35.5. The number of amides is 2. The minimum Gasteiger partial charge on any atom is -0.496 e. The molecule has 3 aromatic carbocycles. The molecule has 2 aliphatic heterocycles. The van der Waals surface area contributed by atoms with Crippen LogP contribution in [0.15, 0.2) is 54.6 Å². The molecule has 1 aromatic heterocycles. The van der Waals surface area contributed by atoms with Gasteiger partial charge in [-0.25, -0.2) is 4.98 Å². The average Bonchev–Trinajstić information content (AvgIpc) is 3.53. The summed E-state index contributed by atoms with van der Waals surface area (Å²) < 4.78 is 7.77. The van der Waals surface area contributed by atoms with E-state index in [1.165, 1.54) is 4.90 Å². The third-order valence-electron chi connectivity index (χ3n) is 7.81. The van der Waals surface area contributed by atoms with E-state index in [9.17, 15) is 9.59 Å². The lowest BCUT2D eigenvalue weighted by atomic mass is 9.86. The standard InChI is InChI=1S/C31H29Cl2N5O3/c1-16(2)37-27-26(35-28(37)21-11-10-20(36(4)5)15-25(21)41-6)29(39)38(24-14-19(33)8-7-17(24)3)31(27)22-12-9-18(32)13-23(22)34-30(31)40/h7-16H,1-6H3,(H,34,40)/t31-/m0/s1. The lowest BCUT2D eigenvalue weighted by molar-refractivity contribution is -0.119. The van der Waals surface area contributed by atoms with E-state index < -0.39 is 11.4 Å². The molecule has 0 bridgehead atoms. The van der Waals surface area contributed by atoms with E-state index in [0.717, 1.165) is 11.3 Å². The molecule has 2 amide bonds. The number of nitrogens with one attached hydrogen (secondary N) is 1. The van der Waals surface area contributed by atoms with E-state index in [-0.39, 0.29) is 17.6 Å². The van der Waals surface area contributed by atoms with Gasteiger partial charge >= 0.3 is 0 Å². The van der Waals surface area contributed by atoms with Crippen LogP contribution in [0.1, 0.15) is 47.2 Å². The molecule has 1 spiro atoms. The molecule has 41 heavy (non-hydrogen) atoms. The summed E-state index contributed by atoms with van der Waals surface area (Å²) in [6, 6.07) is 16.2. The summed E-state index contributed by atoms with van der Waals surface area (Å²) in [5, 5.41) is 3.92. The van der Waals surface area contributed by atoms with Crippen molar-refractivity contribution in [3.05, 3.63) is 87.2 Å². The minimum atomic E-state index is -1.55. The van der Waals surface area contributed by atoms with Crippen LogP contribution in [0, 0.1) is 6.92 Å². The van der Waals surface area contributed by atoms with Crippen molar-refractivity contribution in [1.82, 2.24) is 9.55 Å². The number of carbonyl (C=O) groups excluding carboxylic acids is 2. The van der Waals surface area contributed by atoms with Gasteiger partial charge in [-0.05, 0) is 62.7 Å². The molecule has 0 unspecified atom stereocenters. The number of hydrogen-bond donors (Lipinski definition) is 1. The predicted molar refractivity (Wildman–Crippen MR) is 163 cm³/mol. The van der Waals surface area contributed by atoms with E-state index in [1.54, 1.807) is 37.4 Å². The van der Waals surface area contributed by atoms with E-state index >= 15 is 0 Å². The highest BCUT2D eigenvalue weighted by molar-refractivity contribution is 6.32. The topological polar surface area (TPSA) is 79.7 Å². The molecule has 1 atom stereocenters. The molecule has 0 saturated heterocycles. The van der Waals surface area contributed by atoms with Crippen LogP contribution in [-0.2, 0) is 10.3 Å². The molecule has 210 valence electrons. The largest absolute Gasteiger partial charge is 0.496 e. The smallest absolute Gasteiger partial charge is 0.280 e. The predicted octanol–water partition coefficient (Wildman–Crippen LogP) is 6.68. The first kappa shape index (κ1) is 27.2. The number of imidazole rings is 1. The van der Waals surface area contributed by atoms with Crippen molar-refractivity contribution in [2.45, 2.75) is 32.4 Å². The van der Waals surface area contributed by atoms with Gasteiger partial charge in [-0.2, -0.15) is 0 Å². The van der Waals surface area contributed by atoms with Gasteiger partial charge in [0.05, 0.1) is 24.1 Å². The molecule has 1 N–H and O–H groups in total. The first-order chi connectivity index (χ1) is 19.5. The fourth-order valence-corrected chi connectivity index (χ4v) is 6.31. The summed E-state index contributed by atoms with van der Waals surface area (Å²) in [5.41, 5.74) is 3.28. The summed E-state index contributed by atoms with van der Waals surface area (Å²) in [5.74, 6) is 0.379. The Morgan fingerprint density at radius 1 is 1.00 bits per heavy atom. The number of rotatable bonds is 5. The summed E-state index contributed by atoms with van der Waals surface area (Å²) in [6.45, 7) is 5.90. The van der Waals surface area contributed by atoms with Crippen LogP contribution < -0.4 is 19.9 Å². The molecule has 0 fully saturated rings. The van der Waals surface area contributed by atoms with Crippen LogP contribution in [0.25, 0.3) is 11.4 Å². The van der Waals surface area contributed by atoms with E-state index in [4.69, 9.17) is 32.9 Å². The van der Waals surface area contributed by atoms with E-state index in [0.29, 0.717) is 49.8 Å². The first-order valence-corrected chi connectivity index (χ1v) is 14.0. The molecule has 3 heterocycles. The Morgan fingerprint density at radius 2 is 1.71 bits per heavy atom. The van der Waals surface area contributed by atoms with Crippen molar-refractivity contribution in [2.24, 2.45) is 0 Å². The third kappa shape index (κ3) is 3.77. The van der Waals surface area contributed by atoms with Crippen LogP contribution in [0.3, 0.4) is 0 Å². The zero-order chi connectivity index (χ0) is 29.4. The molecule has 0 radical (unpaired) electrons. The quantitative estimate of drug-likeness (QED) is 0.281. The maximum Gasteiger partial charge on any atom is 0.280 e. The molecule has 10 heteroatoms. The van der Waals surface area contributed by atoms with Gasteiger partial charge in [0.1, 0.15) is 11.6 Å². The van der Waals surface area contributed by atoms with Crippen molar-refractivity contribution in [3.8, 4) is 17.1 Å². The number of benzene rings is 3. The summed E-state index contributed by atoms with van der Waals surface area (Å²) in [6.07, 6.45) is 0. The van der Waals surface area contributed by atoms with Crippen LogP contribution >= 0.6 is 23.2 Å². The van der Waals surface area contributed by atoms with Gasteiger partial charge < -0.3 is 19.5 Å². The number of nitrogens with zero attached hydrogens (tertiary/aromatic N) is 4. The SMILES string of the molecule is COc1cc(N(C)C)ccc1-c1nc2c(n1C(C)C)[C@@]1(C(=O)Nc3cc(Cl)ccc31)N(c1cc(Cl)ccc1C)C2=O. The molecule has 0 aliphatic carbocycles. The number of methoxy groups -OCH3 is 1. The number of hydrogen-bond acceptors (Lipinski definition) is 5.